The van der Waals surface area contributed by atoms with E-state index in [1.807, 2.05) is 0 Å². The maximum Gasteiger partial charge on any atom is 0.224 e. The second-order valence-electron chi connectivity index (χ2n) is 8.10. The summed E-state index contributed by atoms with van der Waals surface area (Å²) in [6, 6.07) is 10.9. The number of hydrogen-bond acceptors (Lipinski definition) is 5. The quantitative estimate of drug-likeness (QED) is 0.779. The van der Waals surface area contributed by atoms with Gasteiger partial charge in [-0.2, -0.15) is 4.98 Å². The highest BCUT2D eigenvalue weighted by atomic mass is 16.3. The van der Waals surface area contributed by atoms with E-state index in [1.54, 1.807) is 0 Å². The molecule has 0 bridgehead atoms. The molecule has 2 heterocycles. The van der Waals surface area contributed by atoms with Crippen LogP contribution in [0.2, 0.25) is 0 Å². The van der Waals surface area contributed by atoms with E-state index in [1.165, 1.54) is 24.0 Å². The number of fused-ring (bicyclic) bond motifs is 1. The Balaban J connectivity index is 1.67. The monoisotopic (exact) mass is 352 g/mol. The van der Waals surface area contributed by atoms with Crippen molar-refractivity contribution in [3.8, 4) is 0 Å². The molecule has 2 aliphatic rings. The van der Waals surface area contributed by atoms with Gasteiger partial charge in [-0.05, 0) is 50.7 Å². The molecule has 1 aromatic heterocycles. The predicted octanol–water partition coefficient (Wildman–Crippen LogP) is 3.49. The normalized spacial score (nSPS) is 18.5. The zero-order valence-electron chi connectivity index (χ0n) is 15.7. The van der Waals surface area contributed by atoms with E-state index in [-0.39, 0.29) is 12.1 Å². The number of aliphatic hydroxyl groups is 1. The summed E-state index contributed by atoms with van der Waals surface area (Å²) in [5.41, 5.74) is 3.97. The Morgan fingerprint density at radius 3 is 2.69 bits per heavy atom. The highest BCUT2D eigenvalue weighted by Crippen LogP contribution is 2.41. The molecule has 5 heteroatoms. The lowest BCUT2D eigenvalue weighted by Crippen LogP contribution is -2.49. The zero-order valence-corrected chi connectivity index (χ0v) is 15.7. The van der Waals surface area contributed by atoms with Crippen molar-refractivity contribution in [3.05, 3.63) is 47.2 Å². The summed E-state index contributed by atoms with van der Waals surface area (Å²) >= 11 is 0. The number of hydrogen-bond donors (Lipinski definition) is 2. The fourth-order valence-electron chi connectivity index (χ4n) is 3.76. The van der Waals surface area contributed by atoms with Crippen molar-refractivity contribution in [1.82, 2.24) is 9.97 Å². The first-order chi connectivity index (χ1) is 12.6. The smallest absolute Gasteiger partial charge is 0.224 e. The molecule has 0 saturated heterocycles. The van der Waals surface area contributed by atoms with Gasteiger partial charge in [0.15, 0.2) is 0 Å². The van der Waals surface area contributed by atoms with Crippen LogP contribution in [0.15, 0.2) is 30.3 Å². The maximum absolute atomic E-state index is 9.03. The molecule has 2 aromatic rings. The van der Waals surface area contributed by atoms with Gasteiger partial charge in [0.2, 0.25) is 5.95 Å². The highest BCUT2D eigenvalue weighted by Gasteiger charge is 2.35. The summed E-state index contributed by atoms with van der Waals surface area (Å²) in [6.07, 6.45) is 4.16. The summed E-state index contributed by atoms with van der Waals surface area (Å²) < 4.78 is 0. The summed E-state index contributed by atoms with van der Waals surface area (Å²) in [4.78, 5) is 12.0. The predicted molar refractivity (Wildman–Crippen MR) is 105 cm³/mol. The second-order valence-corrected chi connectivity index (χ2v) is 8.10. The lowest BCUT2D eigenvalue weighted by molar-refractivity contribution is 0.292. The Hall–Kier alpha value is -2.14. The number of benzene rings is 1. The Morgan fingerprint density at radius 1 is 1.19 bits per heavy atom. The molecule has 0 unspecified atom stereocenters. The molecule has 26 heavy (non-hydrogen) atoms. The fraction of sp³-hybridized carbons (Fsp3) is 0.524. The number of aromatic nitrogens is 2. The molecule has 0 radical (unpaired) electrons. The van der Waals surface area contributed by atoms with Gasteiger partial charge in [0.25, 0.3) is 0 Å². The van der Waals surface area contributed by atoms with Crippen molar-refractivity contribution >= 4 is 11.8 Å². The molecular formula is C21H28N4O. The molecule has 4 rings (SSSR count). The van der Waals surface area contributed by atoms with Crippen molar-refractivity contribution in [2.75, 3.05) is 23.4 Å². The molecule has 0 amide bonds. The summed E-state index contributed by atoms with van der Waals surface area (Å²) in [7, 11) is 0. The molecule has 1 aliphatic carbocycles. The molecule has 1 aliphatic heterocycles. The maximum atomic E-state index is 9.03. The van der Waals surface area contributed by atoms with Crippen molar-refractivity contribution in [3.63, 3.8) is 0 Å². The third kappa shape index (κ3) is 3.54. The van der Waals surface area contributed by atoms with Crippen LogP contribution in [0.1, 0.15) is 55.8 Å². The third-order valence-corrected chi connectivity index (χ3v) is 5.42. The largest absolute Gasteiger partial charge is 0.396 e. The molecule has 2 N–H and O–H groups in total. The van der Waals surface area contributed by atoms with Gasteiger partial charge in [0.05, 0.1) is 5.69 Å². The van der Waals surface area contributed by atoms with Crippen LogP contribution >= 0.6 is 0 Å². The van der Waals surface area contributed by atoms with Crippen molar-refractivity contribution in [1.29, 1.82) is 0 Å². The number of anilines is 2. The first kappa shape index (κ1) is 17.3. The van der Waals surface area contributed by atoms with Crippen molar-refractivity contribution in [2.45, 2.75) is 57.5 Å². The van der Waals surface area contributed by atoms with Gasteiger partial charge in [-0.3, -0.25) is 0 Å². The van der Waals surface area contributed by atoms with Gasteiger partial charge in [0.1, 0.15) is 5.82 Å². The van der Waals surface area contributed by atoms with Crippen LogP contribution < -0.4 is 10.2 Å². The number of rotatable bonds is 6. The van der Waals surface area contributed by atoms with Gasteiger partial charge < -0.3 is 15.3 Å². The number of nitrogens with zero attached hydrogens (tertiary/aromatic N) is 3. The van der Waals surface area contributed by atoms with Crippen LogP contribution in [0.25, 0.3) is 0 Å². The number of aliphatic hydroxyl groups excluding tert-OH is 1. The van der Waals surface area contributed by atoms with E-state index in [4.69, 9.17) is 15.1 Å². The first-order valence-electron chi connectivity index (χ1n) is 9.65. The Labute approximate surface area is 155 Å². The van der Waals surface area contributed by atoms with Crippen LogP contribution in [0.5, 0.6) is 0 Å². The molecule has 1 fully saturated rings. The Bertz CT molecular complexity index is 785. The molecular weight excluding hydrogens is 324 g/mol. The summed E-state index contributed by atoms with van der Waals surface area (Å²) in [6.45, 7) is 6.33. The minimum Gasteiger partial charge on any atom is -0.396 e. The van der Waals surface area contributed by atoms with Crippen LogP contribution in [0.3, 0.4) is 0 Å². The van der Waals surface area contributed by atoms with E-state index >= 15 is 0 Å². The summed E-state index contributed by atoms with van der Waals surface area (Å²) in [5, 5.41) is 12.3. The third-order valence-electron chi connectivity index (χ3n) is 5.42. The van der Waals surface area contributed by atoms with Gasteiger partial charge in [-0.15, -0.1) is 0 Å². The van der Waals surface area contributed by atoms with E-state index in [2.05, 4.69) is 54.4 Å². The van der Waals surface area contributed by atoms with Crippen LogP contribution in [0.4, 0.5) is 11.8 Å². The SMILES string of the molecule is CC1(C)Cc2ccccc2CN1c1cc(C2CC2)nc(NCCCO)n1. The topological polar surface area (TPSA) is 61.3 Å². The van der Waals surface area contributed by atoms with Crippen molar-refractivity contribution in [2.24, 2.45) is 0 Å². The molecule has 0 spiro atoms. The van der Waals surface area contributed by atoms with E-state index in [0.29, 0.717) is 24.8 Å². The van der Waals surface area contributed by atoms with Gasteiger partial charge in [-0.25, -0.2) is 4.98 Å². The summed E-state index contributed by atoms with van der Waals surface area (Å²) in [5.74, 6) is 2.27. The lowest BCUT2D eigenvalue weighted by Gasteiger charge is -2.44. The van der Waals surface area contributed by atoms with E-state index < -0.39 is 0 Å². The number of nitrogens with one attached hydrogen (secondary N) is 1. The van der Waals surface area contributed by atoms with Gasteiger partial charge in [0, 0.05) is 37.2 Å². The Kier molecular flexibility index (Phi) is 4.57. The zero-order chi connectivity index (χ0) is 18.1. The van der Waals surface area contributed by atoms with Crippen molar-refractivity contribution < 1.29 is 5.11 Å². The van der Waals surface area contributed by atoms with Gasteiger partial charge >= 0.3 is 0 Å². The Morgan fingerprint density at radius 2 is 1.96 bits per heavy atom. The molecule has 138 valence electrons. The minimum absolute atomic E-state index is 0.00585. The van der Waals surface area contributed by atoms with Crippen LogP contribution in [-0.4, -0.2) is 33.8 Å². The highest BCUT2D eigenvalue weighted by molar-refractivity contribution is 5.52. The van der Waals surface area contributed by atoms with E-state index in [0.717, 1.165) is 24.5 Å². The minimum atomic E-state index is 0.00585. The average Bonchev–Trinajstić information content (AvgIpc) is 3.45. The first-order valence-corrected chi connectivity index (χ1v) is 9.65. The lowest BCUT2D eigenvalue weighted by atomic mass is 9.85. The van der Waals surface area contributed by atoms with Crippen LogP contribution in [0, 0.1) is 0 Å². The molecule has 5 nitrogen and oxygen atoms in total. The van der Waals surface area contributed by atoms with Crippen LogP contribution in [-0.2, 0) is 13.0 Å². The average molecular weight is 352 g/mol. The second kappa shape index (κ2) is 6.88. The standard InChI is InChI=1S/C21H28N4O/c1-21(2)13-16-6-3-4-7-17(16)14-25(21)19-12-18(15-8-9-15)23-20(24-19)22-10-5-11-26/h3-4,6-7,12,15,26H,5,8-11,13-14H2,1-2H3,(H,22,23,24). The fourth-order valence-corrected chi connectivity index (χ4v) is 3.76. The molecule has 1 aromatic carbocycles. The molecule has 1 saturated carbocycles. The van der Waals surface area contributed by atoms with E-state index in [9.17, 15) is 0 Å². The van der Waals surface area contributed by atoms with Gasteiger partial charge in [-0.1, -0.05) is 24.3 Å². The molecule has 0 atom stereocenters.